The van der Waals surface area contributed by atoms with Gasteiger partial charge in [0.15, 0.2) is 0 Å². The molecule has 0 bridgehead atoms. The second-order valence-corrected chi connectivity index (χ2v) is 11.3. The summed E-state index contributed by atoms with van der Waals surface area (Å²) in [7, 11) is -1.31. The molecule has 3 aromatic carbocycles. The summed E-state index contributed by atoms with van der Waals surface area (Å²) < 4.78 is 39.7. The number of amides is 2. The number of ether oxygens (including phenoxy) is 2. The fourth-order valence-corrected chi connectivity index (χ4v) is 5.73. The van der Waals surface area contributed by atoms with Gasteiger partial charge in [0, 0.05) is 12.6 Å². The first kappa shape index (κ1) is 30.5. The predicted molar refractivity (Wildman–Crippen MR) is 155 cm³/mol. The number of para-hydroxylation sites is 2. The van der Waals surface area contributed by atoms with Crippen molar-refractivity contribution in [3.63, 3.8) is 0 Å². The zero-order chi connectivity index (χ0) is 29.3. The number of methoxy groups -OCH3 is 2. The molecule has 1 N–H and O–H groups in total. The number of carbonyl (C=O) groups is 2. The van der Waals surface area contributed by atoms with E-state index in [-0.39, 0.29) is 34.8 Å². The molecule has 0 saturated heterocycles. The molecule has 0 spiro atoms. The van der Waals surface area contributed by atoms with Crippen molar-refractivity contribution in [2.45, 2.75) is 50.7 Å². The number of nitrogens with zero attached hydrogens (tertiary/aromatic N) is 2. The fourth-order valence-electron chi connectivity index (χ4n) is 4.30. The Bertz CT molecular complexity index is 1380. The van der Waals surface area contributed by atoms with Crippen molar-refractivity contribution in [2.24, 2.45) is 0 Å². The molecule has 0 saturated carbocycles. The number of anilines is 1. The summed E-state index contributed by atoms with van der Waals surface area (Å²) in [6.45, 7) is 5.10. The third-order valence-corrected chi connectivity index (χ3v) is 8.07. The Morgan fingerprint density at radius 3 is 2.08 bits per heavy atom. The minimum Gasteiger partial charge on any atom is -0.497 e. The standard InChI is InChI=1S/C30H37N3O6S/c1-6-26(30(35)31-22(2)3)32(20-23-12-8-7-9-13-23)29(34)21-33(27-14-10-11-15-28(27)39-5)40(36,37)25-18-16-24(38-4)17-19-25/h7-19,22,26H,6,20-21H2,1-5H3,(H,31,35)/t26-/m0/s1. The van der Waals surface area contributed by atoms with Crippen molar-refractivity contribution in [1.82, 2.24) is 10.2 Å². The normalized spacial score (nSPS) is 11.9. The van der Waals surface area contributed by atoms with Crippen LogP contribution >= 0.6 is 0 Å². The van der Waals surface area contributed by atoms with Gasteiger partial charge in [0.1, 0.15) is 24.1 Å². The molecule has 0 aromatic heterocycles. The van der Waals surface area contributed by atoms with Crippen LogP contribution in [0, 0.1) is 0 Å². The van der Waals surface area contributed by atoms with E-state index in [1.54, 1.807) is 36.4 Å². The molecule has 2 amide bonds. The quantitative estimate of drug-likeness (QED) is 0.332. The van der Waals surface area contributed by atoms with Crippen molar-refractivity contribution in [2.75, 3.05) is 25.1 Å². The van der Waals surface area contributed by atoms with Crippen LogP contribution in [-0.4, -0.2) is 58.0 Å². The second kappa shape index (κ2) is 13.8. The fraction of sp³-hybridized carbons (Fsp3) is 0.333. The summed E-state index contributed by atoms with van der Waals surface area (Å²) in [5, 5.41) is 2.89. The molecule has 10 heteroatoms. The Balaban J connectivity index is 2.09. The van der Waals surface area contributed by atoms with Crippen LogP contribution < -0.4 is 19.1 Å². The monoisotopic (exact) mass is 567 g/mol. The summed E-state index contributed by atoms with van der Waals surface area (Å²) in [6.07, 6.45) is 0.344. The van der Waals surface area contributed by atoms with Crippen LogP contribution in [0.3, 0.4) is 0 Å². The molecule has 9 nitrogen and oxygen atoms in total. The molecule has 1 atom stereocenters. The molecular formula is C30H37N3O6S. The molecule has 3 rings (SSSR count). The molecule has 40 heavy (non-hydrogen) atoms. The van der Waals surface area contributed by atoms with Crippen LogP contribution in [0.15, 0.2) is 83.8 Å². The first-order valence-corrected chi connectivity index (χ1v) is 14.5. The molecule has 0 aliphatic heterocycles. The highest BCUT2D eigenvalue weighted by Crippen LogP contribution is 2.33. The molecule has 0 aliphatic carbocycles. The number of benzene rings is 3. The summed E-state index contributed by atoms with van der Waals surface area (Å²) in [4.78, 5) is 28.7. The molecular weight excluding hydrogens is 530 g/mol. The summed E-state index contributed by atoms with van der Waals surface area (Å²) in [5.74, 6) is -0.0531. The lowest BCUT2D eigenvalue weighted by Crippen LogP contribution is -2.53. The van der Waals surface area contributed by atoms with Gasteiger partial charge < -0.3 is 19.7 Å². The number of sulfonamides is 1. The largest absolute Gasteiger partial charge is 0.497 e. The van der Waals surface area contributed by atoms with Crippen LogP contribution in [-0.2, 0) is 26.2 Å². The number of hydrogen-bond donors (Lipinski definition) is 1. The zero-order valence-electron chi connectivity index (χ0n) is 23.5. The van der Waals surface area contributed by atoms with Gasteiger partial charge in [0.2, 0.25) is 11.8 Å². The topological polar surface area (TPSA) is 105 Å². The molecule has 214 valence electrons. The Morgan fingerprint density at radius 2 is 1.50 bits per heavy atom. The third kappa shape index (κ3) is 7.32. The smallest absolute Gasteiger partial charge is 0.264 e. The van der Waals surface area contributed by atoms with E-state index >= 15 is 0 Å². The first-order valence-electron chi connectivity index (χ1n) is 13.1. The van der Waals surface area contributed by atoms with E-state index in [1.165, 1.54) is 31.3 Å². The zero-order valence-corrected chi connectivity index (χ0v) is 24.4. The van der Waals surface area contributed by atoms with E-state index in [2.05, 4.69) is 5.32 Å². The van der Waals surface area contributed by atoms with Gasteiger partial charge in [-0.25, -0.2) is 8.42 Å². The maximum Gasteiger partial charge on any atom is 0.264 e. The first-order chi connectivity index (χ1) is 19.1. The van der Waals surface area contributed by atoms with E-state index in [0.717, 1.165) is 9.87 Å². The lowest BCUT2D eigenvalue weighted by Gasteiger charge is -2.33. The van der Waals surface area contributed by atoms with Gasteiger partial charge in [-0.05, 0) is 62.2 Å². The van der Waals surface area contributed by atoms with E-state index in [0.29, 0.717) is 12.2 Å². The highest BCUT2D eigenvalue weighted by Gasteiger charge is 2.34. The van der Waals surface area contributed by atoms with Gasteiger partial charge in [-0.2, -0.15) is 0 Å². The molecule has 0 heterocycles. The Hall–Kier alpha value is -4.05. The predicted octanol–water partition coefficient (Wildman–Crippen LogP) is 4.23. The Labute approximate surface area is 236 Å². The molecule has 0 radical (unpaired) electrons. The minimum atomic E-state index is -4.24. The van der Waals surface area contributed by atoms with Crippen LogP contribution in [0.1, 0.15) is 32.8 Å². The number of rotatable bonds is 13. The van der Waals surface area contributed by atoms with Gasteiger partial charge in [-0.1, -0.05) is 49.4 Å². The van der Waals surface area contributed by atoms with E-state index in [9.17, 15) is 18.0 Å². The van der Waals surface area contributed by atoms with Gasteiger partial charge in [0.05, 0.1) is 24.8 Å². The minimum absolute atomic E-state index is 0.0220. The highest BCUT2D eigenvalue weighted by atomic mass is 32.2. The SMILES string of the molecule is CC[C@@H](C(=O)NC(C)C)N(Cc1ccccc1)C(=O)CN(c1ccccc1OC)S(=O)(=O)c1ccc(OC)cc1. The third-order valence-electron chi connectivity index (χ3n) is 6.29. The Morgan fingerprint density at radius 1 is 0.875 bits per heavy atom. The summed E-state index contributed by atoms with van der Waals surface area (Å²) >= 11 is 0. The van der Waals surface area contributed by atoms with E-state index < -0.39 is 28.5 Å². The van der Waals surface area contributed by atoms with E-state index in [1.807, 2.05) is 51.1 Å². The summed E-state index contributed by atoms with van der Waals surface area (Å²) in [5.41, 5.74) is 1.02. The Kier molecular flexibility index (Phi) is 10.6. The average molecular weight is 568 g/mol. The van der Waals surface area contributed by atoms with Gasteiger partial charge >= 0.3 is 0 Å². The number of hydrogen-bond acceptors (Lipinski definition) is 6. The number of carbonyl (C=O) groups excluding carboxylic acids is 2. The van der Waals surface area contributed by atoms with Crippen LogP contribution in [0.5, 0.6) is 11.5 Å². The van der Waals surface area contributed by atoms with Gasteiger partial charge in [0.25, 0.3) is 10.0 Å². The average Bonchev–Trinajstić information content (AvgIpc) is 2.95. The maximum absolute atomic E-state index is 14.1. The second-order valence-electron chi connectivity index (χ2n) is 9.45. The molecule has 0 fully saturated rings. The molecule has 3 aromatic rings. The lowest BCUT2D eigenvalue weighted by atomic mass is 10.1. The number of nitrogens with one attached hydrogen (secondary N) is 1. The van der Waals surface area contributed by atoms with Crippen molar-refractivity contribution in [1.29, 1.82) is 0 Å². The lowest BCUT2D eigenvalue weighted by molar-refractivity contribution is -0.140. The van der Waals surface area contributed by atoms with Gasteiger partial charge in [-0.15, -0.1) is 0 Å². The van der Waals surface area contributed by atoms with Crippen molar-refractivity contribution >= 4 is 27.5 Å². The highest BCUT2D eigenvalue weighted by molar-refractivity contribution is 7.92. The van der Waals surface area contributed by atoms with Crippen molar-refractivity contribution in [3.8, 4) is 11.5 Å². The molecule has 0 unspecified atom stereocenters. The molecule has 0 aliphatic rings. The maximum atomic E-state index is 14.1. The van der Waals surface area contributed by atoms with Crippen LogP contribution in [0.4, 0.5) is 5.69 Å². The summed E-state index contributed by atoms with van der Waals surface area (Å²) in [6, 6.07) is 20.9. The van der Waals surface area contributed by atoms with Gasteiger partial charge in [-0.3, -0.25) is 13.9 Å². The van der Waals surface area contributed by atoms with Crippen LogP contribution in [0.2, 0.25) is 0 Å². The van der Waals surface area contributed by atoms with E-state index in [4.69, 9.17) is 9.47 Å². The van der Waals surface area contributed by atoms with Crippen molar-refractivity contribution < 1.29 is 27.5 Å². The van der Waals surface area contributed by atoms with Crippen LogP contribution in [0.25, 0.3) is 0 Å². The van der Waals surface area contributed by atoms with Crippen molar-refractivity contribution in [3.05, 3.63) is 84.4 Å².